The van der Waals surface area contributed by atoms with Gasteiger partial charge in [-0.25, -0.2) is 0 Å². The molecule has 1 saturated heterocycles. The van der Waals surface area contributed by atoms with Gasteiger partial charge in [-0.15, -0.1) is 0 Å². The fourth-order valence-corrected chi connectivity index (χ4v) is 6.98. The molecule has 2 aromatic carbocycles. The van der Waals surface area contributed by atoms with E-state index in [0.29, 0.717) is 20.8 Å². The largest absolute Gasteiger partial charge is 0.507 e. The number of alkyl halides is 6. The lowest BCUT2D eigenvalue weighted by Gasteiger charge is -2.61. The van der Waals surface area contributed by atoms with E-state index in [1.165, 1.54) is 0 Å². The van der Waals surface area contributed by atoms with Crippen molar-refractivity contribution < 1.29 is 138 Å². The highest BCUT2D eigenvalue weighted by Crippen LogP contribution is 2.57. The van der Waals surface area contributed by atoms with Crippen LogP contribution in [0.4, 0.5) is 30.7 Å². The van der Waals surface area contributed by atoms with Crippen LogP contribution in [-0.2, 0) is 17.1 Å². The zero-order chi connectivity index (χ0) is 49.8. The number of piperazine rings is 1. The summed E-state index contributed by atoms with van der Waals surface area (Å²) in [5, 5.41) is 217. The number of halogens is 7. The number of rotatable bonds is 11. The van der Waals surface area contributed by atoms with Gasteiger partial charge in [-0.2, -0.15) is 40.5 Å². The molecule has 1 aliphatic heterocycles. The van der Waals surface area contributed by atoms with Gasteiger partial charge in [-0.1, -0.05) is 0 Å². The van der Waals surface area contributed by atoms with Gasteiger partial charge in [0, 0.05) is 24.1 Å². The minimum atomic E-state index is -6.12. The molecule has 1 heterocycles. The SMILES string of the molecule is CC(=O)N1C(O)C(O)(O)N(C(C)C(O)(O)C(c2c(C)c(O)c(F)c(O)c2O)N(C(O)N(C)C(C)c2c(O)c(C(F)(F)F)c(O)c(C(F)(F)F)c2O)C(O)(O)C(O)O)C(O)(O)C1(O)O. The summed E-state index contributed by atoms with van der Waals surface area (Å²) in [4.78, 5) is 8.92. The number of aliphatic hydroxyl groups is 14. The molecule has 0 bridgehead atoms. The van der Waals surface area contributed by atoms with Crippen molar-refractivity contribution in [3.8, 4) is 34.5 Å². The number of hydrogen-bond acceptors (Lipinski definition) is 24. The molecule has 2 aromatic rings. The molecule has 1 fully saturated rings. The minimum absolute atomic E-state index is 0.0871. The lowest BCUT2D eigenvalue weighted by molar-refractivity contribution is -0.561. The van der Waals surface area contributed by atoms with Crippen LogP contribution in [0.15, 0.2) is 0 Å². The lowest BCUT2D eigenvalue weighted by atomic mass is 9.85. The van der Waals surface area contributed by atoms with Gasteiger partial charge in [-0.3, -0.25) is 14.6 Å². The maximum atomic E-state index is 14.8. The molecule has 1 aliphatic rings. The maximum absolute atomic E-state index is 14.8. The minimum Gasteiger partial charge on any atom is -0.507 e. The van der Waals surface area contributed by atoms with E-state index in [4.69, 9.17) is 0 Å². The van der Waals surface area contributed by atoms with Crippen molar-refractivity contribution in [1.82, 2.24) is 19.6 Å². The highest BCUT2D eigenvalue weighted by molar-refractivity contribution is 5.74. The Balaban J connectivity index is 2.60. The maximum Gasteiger partial charge on any atom is 0.423 e. The van der Waals surface area contributed by atoms with Gasteiger partial charge in [0.1, 0.15) is 34.4 Å². The molecule has 0 aliphatic carbocycles. The Morgan fingerprint density at radius 3 is 1.52 bits per heavy atom. The van der Waals surface area contributed by atoms with Gasteiger partial charge in [0.05, 0.1) is 11.6 Å². The van der Waals surface area contributed by atoms with Crippen molar-refractivity contribution in [3.05, 3.63) is 33.6 Å². The molecule has 5 atom stereocenters. The summed E-state index contributed by atoms with van der Waals surface area (Å²) < 4.78 is 98.8. The predicted molar refractivity (Wildman–Crippen MR) is 178 cm³/mol. The van der Waals surface area contributed by atoms with Gasteiger partial charge in [0.15, 0.2) is 29.4 Å². The van der Waals surface area contributed by atoms with Crippen LogP contribution in [0.5, 0.6) is 34.5 Å². The zero-order valence-electron chi connectivity index (χ0n) is 32.3. The Hall–Kier alpha value is -4.46. The highest BCUT2D eigenvalue weighted by Gasteiger charge is 2.75. The molecule has 360 valence electrons. The van der Waals surface area contributed by atoms with Crippen LogP contribution in [0, 0.1) is 12.7 Å². The van der Waals surface area contributed by atoms with E-state index in [-0.39, 0.29) is 18.9 Å². The monoisotopic (exact) mass is 938 g/mol. The molecular formula is C31H41F7N4O21. The van der Waals surface area contributed by atoms with E-state index >= 15 is 0 Å². The van der Waals surface area contributed by atoms with E-state index in [1.807, 2.05) is 0 Å². The summed E-state index contributed by atoms with van der Waals surface area (Å²) in [5.41, 5.74) is -11.0. The van der Waals surface area contributed by atoms with Crippen LogP contribution in [0.1, 0.15) is 60.7 Å². The molecule has 5 unspecified atom stereocenters. The van der Waals surface area contributed by atoms with E-state index in [0.717, 1.165) is 0 Å². The average Bonchev–Trinajstić information content (AvgIpc) is 3.09. The van der Waals surface area contributed by atoms with Crippen molar-refractivity contribution in [2.45, 2.75) is 106 Å². The quantitative estimate of drug-likeness (QED) is 0.0435. The number of phenolic OH excluding ortho intramolecular Hbond substituents is 6. The van der Waals surface area contributed by atoms with Crippen molar-refractivity contribution >= 4 is 5.91 Å². The van der Waals surface area contributed by atoms with Crippen molar-refractivity contribution in [2.75, 3.05) is 7.05 Å². The lowest BCUT2D eigenvalue weighted by Crippen LogP contribution is -2.89. The molecule has 32 heteroatoms. The van der Waals surface area contributed by atoms with Crippen LogP contribution in [0.2, 0.25) is 0 Å². The molecule has 20 N–H and O–H groups in total. The Morgan fingerprint density at radius 1 is 0.714 bits per heavy atom. The van der Waals surface area contributed by atoms with Gasteiger partial charge in [-0.05, 0) is 27.8 Å². The van der Waals surface area contributed by atoms with E-state index in [2.05, 4.69) is 0 Å². The van der Waals surface area contributed by atoms with Crippen LogP contribution < -0.4 is 0 Å². The molecule has 63 heavy (non-hydrogen) atoms. The topological polar surface area (TPSA) is 435 Å². The predicted octanol–water partition coefficient (Wildman–Crippen LogP) is -4.87. The zero-order valence-corrected chi connectivity index (χ0v) is 32.3. The third kappa shape index (κ3) is 8.04. The molecule has 0 radical (unpaired) electrons. The fourth-order valence-electron chi connectivity index (χ4n) is 6.98. The number of nitrogens with zero attached hydrogens (tertiary/aromatic N) is 4. The second-order valence-corrected chi connectivity index (χ2v) is 14.2. The van der Waals surface area contributed by atoms with Crippen molar-refractivity contribution in [3.63, 3.8) is 0 Å². The first kappa shape index (κ1) is 52.9. The smallest absolute Gasteiger partial charge is 0.423 e. The van der Waals surface area contributed by atoms with Gasteiger partial charge in [0.25, 0.3) is 11.8 Å². The molecule has 25 nitrogen and oxygen atoms in total. The van der Waals surface area contributed by atoms with Crippen LogP contribution in [0.25, 0.3) is 0 Å². The molecular weight excluding hydrogens is 897 g/mol. The number of carbonyl (C=O) groups is 1. The summed E-state index contributed by atoms with van der Waals surface area (Å²) in [7, 11) is 0.278. The molecule has 3 rings (SSSR count). The van der Waals surface area contributed by atoms with E-state index in [9.17, 15) is 138 Å². The van der Waals surface area contributed by atoms with Crippen LogP contribution in [0.3, 0.4) is 0 Å². The van der Waals surface area contributed by atoms with Crippen LogP contribution in [-0.4, -0.2) is 189 Å². The third-order valence-electron chi connectivity index (χ3n) is 10.4. The van der Waals surface area contributed by atoms with Gasteiger partial charge < -0.3 is 102 Å². The first-order valence-corrected chi connectivity index (χ1v) is 16.9. The standard InChI is InChI=1S/C31H41F7N4O21/c1-6-10(18(47)20(49)14(32)15(6)44)21(25(54,55)8(3)42-28(56,57)22(50)40(9(4)43)30(60,61)31(42,62)63)41(29(58,59)23(51)52)24(53)39(5)7(2)11-16(45)12(26(33,34)35)19(48)13(17(11)46)27(36,37)38/h7-8,21-24,44-63H,1-5H3. The Morgan fingerprint density at radius 2 is 1.14 bits per heavy atom. The highest BCUT2D eigenvalue weighted by atomic mass is 19.4. The average molecular weight is 939 g/mol. The second-order valence-electron chi connectivity index (χ2n) is 14.2. The number of benzene rings is 2. The number of phenols is 6. The summed E-state index contributed by atoms with van der Waals surface area (Å²) in [6.07, 6.45) is -23.4. The van der Waals surface area contributed by atoms with Crippen molar-refractivity contribution in [2.24, 2.45) is 0 Å². The number of hydrogen-bond donors (Lipinski definition) is 20. The number of aliphatic hydroxyl groups excluding tert-OH is 3. The summed E-state index contributed by atoms with van der Waals surface area (Å²) in [6, 6.07) is -10.1. The Labute approximate surface area is 345 Å². The number of amides is 1. The first-order valence-electron chi connectivity index (χ1n) is 16.9. The number of carbonyl (C=O) groups excluding carboxylic acids is 1. The Kier molecular flexibility index (Phi) is 13.6. The molecule has 0 spiro atoms. The molecule has 1 amide bonds. The second kappa shape index (κ2) is 16.2. The van der Waals surface area contributed by atoms with E-state index < -0.39 is 168 Å². The van der Waals surface area contributed by atoms with Crippen LogP contribution >= 0.6 is 0 Å². The third-order valence-corrected chi connectivity index (χ3v) is 10.4. The van der Waals surface area contributed by atoms with Crippen molar-refractivity contribution in [1.29, 1.82) is 0 Å². The summed E-state index contributed by atoms with van der Waals surface area (Å²) in [6.45, 7) is 1.23. The van der Waals surface area contributed by atoms with Gasteiger partial charge >= 0.3 is 24.2 Å². The first-order chi connectivity index (χ1) is 28.0. The van der Waals surface area contributed by atoms with Gasteiger partial charge in [0.2, 0.25) is 24.2 Å². The molecule has 0 aromatic heterocycles. The fraction of sp³-hybridized carbons (Fsp3) is 0.581. The summed E-state index contributed by atoms with van der Waals surface area (Å²) in [5.74, 6) is -42.2. The summed E-state index contributed by atoms with van der Waals surface area (Å²) >= 11 is 0. The number of aromatic hydroxyl groups is 6. The van der Waals surface area contributed by atoms with E-state index in [1.54, 1.807) is 0 Å². The molecule has 0 saturated carbocycles. The normalized spacial score (nSPS) is 20.7. The Bertz CT molecular complexity index is 2030.